The van der Waals surface area contributed by atoms with Gasteiger partial charge in [-0.05, 0) is 18.9 Å². The van der Waals surface area contributed by atoms with Crippen molar-refractivity contribution in [1.29, 1.82) is 0 Å². The van der Waals surface area contributed by atoms with E-state index in [-0.39, 0.29) is 11.2 Å². The summed E-state index contributed by atoms with van der Waals surface area (Å²) in [5.41, 5.74) is 5.23. The monoisotopic (exact) mass is 159 g/mol. The Morgan fingerprint density at radius 1 is 1.64 bits per heavy atom. The molecule has 3 heteroatoms. The molecule has 0 aromatic rings. The molecule has 66 valence electrons. The number of nitrogens with two attached hydrogens (primary N) is 1. The topological polar surface area (TPSA) is 63.3 Å². The maximum absolute atomic E-state index is 11.0. The Labute approximate surface area is 67.6 Å². The fraction of sp³-hybridized carbons (Fsp3) is 0.875. The van der Waals surface area contributed by atoms with Crippen molar-refractivity contribution in [2.45, 2.75) is 33.3 Å². The SMILES string of the molecule is CC(O)C(=O)CC(C)(C)CN. The van der Waals surface area contributed by atoms with Gasteiger partial charge >= 0.3 is 0 Å². The first kappa shape index (κ1) is 10.6. The molecule has 0 radical (unpaired) electrons. The highest BCUT2D eigenvalue weighted by Crippen LogP contribution is 2.18. The van der Waals surface area contributed by atoms with Crippen LogP contribution >= 0.6 is 0 Å². The first-order chi connectivity index (χ1) is 4.89. The third kappa shape index (κ3) is 4.11. The number of ketones is 1. The maximum Gasteiger partial charge on any atom is 0.161 e. The molecule has 0 spiro atoms. The average molecular weight is 159 g/mol. The van der Waals surface area contributed by atoms with Gasteiger partial charge in [-0.2, -0.15) is 0 Å². The summed E-state index contributed by atoms with van der Waals surface area (Å²) in [6, 6.07) is 0. The van der Waals surface area contributed by atoms with E-state index in [2.05, 4.69) is 0 Å². The number of carbonyl (C=O) groups is 1. The van der Waals surface area contributed by atoms with Crippen molar-refractivity contribution >= 4 is 5.78 Å². The van der Waals surface area contributed by atoms with Crippen molar-refractivity contribution in [2.75, 3.05) is 6.54 Å². The molecule has 3 nitrogen and oxygen atoms in total. The van der Waals surface area contributed by atoms with Gasteiger partial charge in [0.15, 0.2) is 5.78 Å². The third-order valence-corrected chi connectivity index (χ3v) is 1.67. The lowest BCUT2D eigenvalue weighted by molar-refractivity contribution is -0.128. The predicted octanol–water partition coefficient (Wildman–Crippen LogP) is 0.311. The highest BCUT2D eigenvalue weighted by Gasteiger charge is 2.22. The summed E-state index contributed by atoms with van der Waals surface area (Å²) < 4.78 is 0. The average Bonchev–Trinajstić information content (AvgIpc) is 1.87. The summed E-state index contributed by atoms with van der Waals surface area (Å²) in [5.74, 6) is -0.138. The minimum atomic E-state index is -0.860. The molecule has 0 bridgehead atoms. The molecule has 0 amide bonds. The summed E-state index contributed by atoms with van der Waals surface area (Å²) in [4.78, 5) is 11.0. The van der Waals surface area contributed by atoms with Gasteiger partial charge in [0.1, 0.15) is 6.10 Å². The summed E-state index contributed by atoms with van der Waals surface area (Å²) >= 11 is 0. The Hall–Kier alpha value is -0.410. The van der Waals surface area contributed by atoms with E-state index in [1.165, 1.54) is 6.92 Å². The van der Waals surface area contributed by atoms with Crippen LogP contribution in [0.1, 0.15) is 27.2 Å². The molecular weight excluding hydrogens is 142 g/mol. The molecule has 0 aromatic heterocycles. The van der Waals surface area contributed by atoms with E-state index < -0.39 is 6.10 Å². The highest BCUT2D eigenvalue weighted by molar-refractivity contribution is 5.82. The third-order valence-electron chi connectivity index (χ3n) is 1.67. The number of rotatable bonds is 4. The molecule has 0 aliphatic carbocycles. The molecule has 0 heterocycles. The summed E-state index contributed by atoms with van der Waals surface area (Å²) in [7, 11) is 0. The van der Waals surface area contributed by atoms with E-state index in [4.69, 9.17) is 10.8 Å². The molecule has 0 saturated carbocycles. The quantitative estimate of drug-likeness (QED) is 0.620. The molecule has 3 N–H and O–H groups in total. The van der Waals surface area contributed by atoms with Gasteiger partial charge in [0.2, 0.25) is 0 Å². The Balaban J connectivity index is 3.94. The number of aliphatic hydroxyl groups excluding tert-OH is 1. The zero-order valence-corrected chi connectivity index (χ0v) is 7.42. The lowest BCUT2D eigenvalue weighted by Gasteiger charge is -2.21. The second-order valence-electron chi connectivity index (χ2n) is 3.69. The fourth-order valence-corrected chi connectivity index (χ4v) is 0.692. The minimum Gasteiger partial charge on any atom is -0.386 e. The molecule has 0 fully saturated rings. The summed E-state index contributed by atoms with van der Waals surface area (Å²) in [6.45, 7) is 5.76. The Morgan fingerprint density at radius 3 is 2.36 bits per heavy atom. The second-order valence-corrected chi connectivity index (χ2v) is 3.69. The molecule has 0 aliphatic rings. The molecular formula is C8H17NO2. The number of carbonyl (C=O) groups excluding carboxylic acids is 1. The van der Waals surface area contributed by atoms with Gasteiger partial charge in [-0.1, -0.05) is 13.8 Å². The van der Waals surface area contributed by atoms with E-state index in [1.54, 1.807) is 0 Å². The van der Waals surface area contributed by atoms with Crippen LogP contribution in [0, 0.1) is 5.41 Å². The molecule has 0 aliphatic heterocycles. The minimum absolute atomic E-state index is 0.138. The number of hydrogen-bond donors (Lipinski definition) is 2. The first-order valence-corrected chi connectivity index (χ1v) is 3.80. The van der Waals surface area contributed by atoms with E-state index in [1.807, 2.05) is 13.8 Å². The first-order valence-electron chi connectivity index (χ1n) is 3.80. The van der Waals surface area contributed by atoms with Crippen molar-refractivity contribution in [3.63, 3.8) is 0 Å². The normalized spacial score (nSPS) is 14.6. The Morgan fingerprint density at radius 2 is 2.09 bits per heavy atom. The summed E-state index contributed by atoms with van der Waals surface area (Å²) in [5, 5.41) is 8.89. The van der Waals surface area contributed by atoms with Crippen LogP contribution in [0.5, 0.6) is 0 Å². The lowest BCUT2D eigenvalue weighted by atomic mass is 9.86. The van der Waals surface area contributed by atoms with Gasteiger partial charge in [0.25, 0.3) is 0 Å². The van der Waals surface area contributed by atoms with Crippen LogP contribution < -0.4 is 5.73 Å². The smallest absolute Gasteiger partial charge is 0.161 e. The maximum atomic E-state index is 11.0. The van der Waals surface area contributed by atoms with Crippen molar-refractivity contribution in [3.8, 4) is 0 Å². The lowest BCUT2D eigenvalue weighted by Crippen LogP contribution is -2.30. The van der Waals surface area contributed by atoms with Crippen LogP contribution in [0.3, 0.4) is 0 Å². The van der Waals surface area contributed by atoms with Crippen molar-refractivity contribution in [2.24, 2.45) is 11.1 Å². The predicted molar refractivity (Wildman–Crippen MR) is 44.1 cm³/mol. The largest absolute Gasteiger partial charge is 0.386 e. The number of aliphatic hydroxyl groups is 1. The van der Waals surface area contributed by atoms with E-state index in [0.717, 1.165) is 0 Å². The molecule has 0 aromatic carbocycles. The molecule has 1 atom stereocenters. The van der Waals surface area contributed by atoms with Gasteiger partial charge in [0.05, 0.1) is 0 Å². The van der Waals surface area contributed by atoms with Gasteiger partial charge in [-0.15, -0.1) is 0 Å². The zero-order valence-electron chi connectivity index (χ0n) is 7.42. The second kappa shape index (κ2) is 3.83. The van der Waals surface area contributed by atoms with Gasteiger partial charge in [0, 0.05) is 6.42 Å². The van der Waals surface area contributed by atoms with E-state index >= 15 is 0 Å². The van der Waals surface area contributed by atoms with Crippen LogP contribution in [-0.2, 0) is 4.79 Å². The van der Waals surface area contributed by atoms with Crippen LogP contribution in [0.25, 0.3) is 0 Å². The van der Waals surface area contributed by atoms with Crippen molar-refractivity contribution < 1.29 is 9.90 Å². The number of Topliss-reactive ketones (excluding diaryl/α,β-unsaturated/α-hetero) is 1. The van der Waals surface area contributed by atoms with Crippen LogP contribution in [0.2, 0.25) is 0 Å². The van der Waals surface area contributed by atoms with Crippen LogP contribution in [0.15, 0.2) is 0 Å². The van der Waals surface area contributed by atoms with E-state index in [0.29, 0.717) is 13.0 Å². The fourth-order valence-electron chi connectivity index (χ4n) is 0.692. The van der Waals surface area contributed by atoms with E-state index in [9.17, 15) is 4.79 Å². The standard InChI is InChI=1S/C8H17NO2/c1-6(10)7(11)4-8(2,3)5-9/h6,10H,4-5,9H2,1-3H3. The molecule has 0 rings (SSSR count). The number of hydrogen-bond acceptors (Lipinski definition) is 3. The van der Waals surface area contributed by atoms with Gasteiger partial charge in [-0.25, -0.2) is 0 Å². The Bertz CT molecular complexity index is 141. The zero-order chi connectivity index (χ0) is 9.07. The van der Waals surface area contributed by atoms with Crippen LogP contribution in [0.4, 0.5) is 0 Å². The van der Waals surface area contributed by atoms with Crippen molar-refractivity contribution in [3.05, 3.63) is 0 Å². The highest BCUT2D eigenvalue weighted by atomic mass is 16.3. The molecule has 1 unspecified atom stereocenters. The Kier molecular flexibility index (Phi) is 3.69. The van der Waals surface area contributed by atoms with Crippen LogP contribution in [-0.4, -0.2) is 23.5 Å². The summed E-state index contributed by atoms with van der Waals surface area (Å²) in [6.07, 6.45) is -0.512. The molecule has 0 saturated heterocycles. The van der Waals surface area contributed by atoms with Crippen molar-refractivity contribution in [1.82, 2.24) is 0 Å². The van der Waals surface area contributed by atoms with Gasteiger partial charge < -0.3 is 10.8 Å². The molecule has 11 heavy (non-hydrogen) atoms. The van der Waals surface area contributed by atoms with Gasteiger partial charge in [-0.3, -0.25) is 4.79 Å².